The number of thiol groups is 1. The molecule has 2 heterocycles. The molecule has 1 aromatic rings. The molecule has 0 radical (unpaired) electrons. The van der Waals surface area contributed by atoms with Gasteiger partial charge in [-0.25, -0.2) is 17.5 Å². The zero-order chi connectivity index (χ0) is 21.8. The van der Waals surface area contributed by atoms with Crippen molar-refractivity contribution in [2.75, 3.05) is 6.54 Å². The quantitative estimate of drug-likeness (QED) is 0.500. The standard InChI is InChI=1S/C17H22ClF3N4O3S/c1-3-4-5-6-25(29(27)28)16(26)24-8-7-23(12(24)2)11-15-14(18)9-13(10-22-15)17(19,20)21/h7-10,12,29H,3-6,11H2,1-2H3. The van der Waals surface area contributed by atoms with Crippen LogP contribution in [-0.4, -0.2) is 46.2 Å². The second kappa shape index (κ2) is 9.66. The smallest absolute Gasteiger partial charge is 0.350 e. The number of amides is 2. The Bertz CT molecular complexity index is 840. The molecular formula is C17H22ClF3N4O3S. The van der Waals surface area contributed by atoms with Crippen LogP contribution in [0.5, 0.6) is 0 Å². The Hall–Kier alpha value is -2.01. The Labute approximate surface area is 173 Å². The van der Waals surface area contributed by atoms with Crippen LogP contribution in [-0.2, 0) is 23.6 Å². The Morgan fingerprint density at radius 1 is 1.31 bits per heavy atom. The Morgan fingerprint density at radius 2 is 2.00 bits per heavy atom. The summed E-state index contributed by atoms with van der Waals surface area (Å²) in [6.45, 7) is 3.78. The first kappa shape index (κ1) is 23.3. The third-order valence-corrected chi connectivity index (χ3v) is 5.58. The van der Waals surface area contributed by atoms with E-state index in [4.69, 9.17) is 11.6 Å². The molecule has 0 saturated carbocycles. The topological polar surface area (TPSA) is 73.8 Å². The third kappa shape index (κ3) is 5.75. The van der Waals surface area contributed by atoms with Crippen LogP contribution in [0.15, 0.2) is 24.7 Å². The zero-order valence-corrected chi connectivity index (χ0v) is 17.5. The largest absolute Gasteiger partial charge is 0.417 e. The molecule has 12 heteroatoms. The van der Waals surface area contributed by atoms with Gasteiger partial charge in [0.25, 0.3) is 0 Å². The second-order valence-electron chi connectivity index (χ2n) is 6.51. The Morgan fingerprint density at radius 3 is 2.55 bits per heavy atom. The molecule has 2 rings (SSSR count). The summed E-state index contributed by atoms with van der Waals surface area (Å²) in [6, 6.07) is 0.115. The summed E-state index contributed by atoms with van der Waals surface area (Å²) in [4.78, 5) is 19.3. The molecular weight excluding hydrogens is 433 g/mol. The first-order valence-corrected chi connectivity index (χ1v) is 10.5. The molecule has 1 unspecified atom stereocenters. The van der Waals surface area contributed by atoms with Crippen LogP contribution >= 0.6 is 11.6 Å². The van der Waals surface area contributed by atoms with E-state index in [2.05, 4.69) is 4.98 Å². The van der Waals surface area contributed by atoms with Gasteiger partial charge in [-0.15, -0.1) is 0 Å². The molecule has 162 valence electrons. The summed E-state index contributed by atoms with van der Waals surface area (Å²) in [7, 11) is -3.09. The van der Waals surface area contributed by atoms with Gasteiger partial charge in [0.05, 0.1) is 22.8 Å². The molecule has 0 aromatic carbocycles. The van der Waals surface area contributed by atoms with Crippen LogP contribution in [0.1, 0.15) is 44.4 Å². The summed E-state index contributed by atoms with van der Waals surface area (Å²) < 4.78 is 62.0. The number of carbonyl (C=O) groups excluding carboxylic acids is 1. The van der Waals surface area contributed by atoms with Gasteiger partial charge in [-0.1, -0.05) is 31.4 Å². The van der Waals surface area contributed by atoms with E-state index < -0.39 is 34.8 Å². The molecule has 1 aromatic heterocycles. The van der Waals surface area contributed by atoms with Crippen LogP contribution in [0.4, 0.5) is 18.0 Å². The monoisotopic (exact) mass is 454 g/mol. The van der Waals surface area contributed by atoms with Crippen LogP contribution in [0.25, 0.3) is 0 Å². The fourth-order valence-electron chi connectivity index (χ4n) is 2.78. The highest BCUT2D eigenvalue weighted by atomic mass is 35.5. The normalized spacial score (nSPS) is 16.7. The Balaban J connectivity index is 2.08. The molecule has 0 saturated heterocycles. The number of aromatic nitrogens is 1. The van der Waals surface area contributed by atoms with Crippen molar-refractivity contribution >= 4 is 28.5 Å². The van der Waals surface area contributed by atoms with Crippen LogP contribution in [0.3, 0.4) is 0 Å². The summed E-state index contributed by atoms with van der Waals surface area (Å²) in [5, 5.41) is -0.144. The van der Waals surface area contributed by atoms with E-state index in [9.17, 15) is 26.4 Å². The number of carbonyl (C=O) groups is 1. The van der Waals surface area contributed by atoms with Crippen molar-refractivity contribution in [3.8, 4) is 0 Å². The molecule has 1 aliphatic heterocycles. The SMILES string of the molecule is CCCCCN(C(=O)N1C=CN(Cc2ncc(C(F)(F)F)cc2Cl)C1C)[SH](=O)=O. The molecule has 29 heavy (non-hydrogen) atoms. The molecule has 0 fully saturated rings. The van der Waals surface area contributed by atoms with Gasteiger partial charge in [-0.3, -0.25) is 9.88 Å². The average Bonchev–Trinajstić information content (AvgIpc) is 2.99. The molecule has 0 bridgehead atoms. The second-order valence-corrected chi connectivity index (χ2v) is 7.88. The molecule has 2 amide bonds. The van der Waals surface area contributed by atoms with Crippen molar-refractivity contribution in [1.29, 1.82) is 0 Å². The maximum absolute atomic E-state index is 12.7. The zero-order valence-electron chi connectivity index (χ0n) is 15.9. The van der Waals surface area contributed by atoms with E-state index in [-0.39, 0.29) is 23.8 Å². The molecule has 0 spiro atoms. The van der Waals surface area contributed by atoms with E-state index in [1.807, 2.05) is 6.92 Å². The lowest BCUT2D eigenvalue weighted by Gasteiger charge is -2.30. The van der Waals surface area contributed by atoms with E-state index in [1.165, 1.54) is 11.1 Å². The highest BCUT2D eigenvalue weighted by molar-refractivity contribution is 7.70. The average molecular weight is 455 g/mol. The number of unbranched alkanes of at least 4 members (excludes halogenated alkanes) is 2. The van der Waals surface area contributed by atoms with Gasteiger partial charge in [0.15, 0.2) is 0 Å². The van der Waals surface area contributed by atoms with E-state index in [0.29, 0.717) is 12.6 Å². The number of hydrogen-bond acceptors (Lipinski definition) is 5. The van der Waals surface area contributed by atoms with Gasteiger partial charge < -0.3 is 4.90 Å². The minimum atomic E-state index is -4.55. The first-order valence-electron chi connectivity index (χ1n) is 8.96. The van der Waals surface area contributed by atoms with Crippen LogP contribution in [0, 0.1) is 0 Å². The van der Waals surface area contributed by atoms with Crippen LogP contribution < -0.4 is 0 Å². The number of halogens is 4. The molecule has 0 N–H and O–H groups in total. The minimum absolute atomic E-state index is 0.0533. The van der Waals surface area contributed by atoms with Crippen molar-refractivity contribution in [1.82, 2.24) is 19.1 Å². The van der Waals surface area contributed by atoms with Gasteiger partial charge in [0.2, 0.25) is 10.9 Å². The van der Waals surface area contributed by atoms with Crippen molar-refractivity contribution in [2.24, 2.45) is 0 Å². The van der Waals surface area contributed by atoms with E-state index >= 15 is 0 Å². The van der Waals surface area contributed by atoms with Gasteiger partial charge in [-0.2, -0.15) is 13.2 Å². The number of rotatable bonds is 7. The lowest BCUT2D eigenvalue weighted by molar-refractivity contribution is -0.137. The number of pyridine rings is 1. The van der Waals surface area contributed by atoms with Gasteiger partial charge in [-0.05, 0) is 19.4 Å². The first-order chi connectivity index (χ1) is 13.6. The van der Waals surface area contributed by atoms with Gasteiger partial charge in [0.1, 0.15) is 6.17 Å². The summed E-state index contributed by atoms with van der Waals surface area (Å²) in [5.41, 5.74) is -0.741. The molecule has 0 aliphatic carbocycles. The number of urea groups is 1. The summed E-state index contributed by atoms with van der Waals surface area (Å²) in [5.74, 6) is 0. The molecule has 7 nitrogen and oxygen atoms in total. The number of nitrogens with zero attached hydrogens (tertiary/aromatic N) is 4. The van der Waals surface area contributed by atoms with Crippen LogP contribution in [0.2, 0.25) is 5.02 Å². The maximum atomic E-state index is 12.7. The van der Waals surface area contributed by atoms with E-state index in [0.717, 1.165) is 23.2 Å². The minimum Gasteiger partial charge on any atom is -0.350 e. The van der Waals surface area contributed by atoms with Gasteiger partial charge >= 0.3 is 12.2 Å². The highest BCUT2D eigenvalue weighted by Crippen LogP contribution is 2.32. The molecule has 1 aliphatic rings. The summed E-state index contributed by atoms with van der Waals surface area (Å²) in [6.07, 6.45) is 0.797. The number of hydrogen-bond donors (Lipinski definition) is 1. The summed E-state index contributed by atoms with van der Waals surface area (Å²) >= 11 is 5.94. The fourth-order valence-corrected chi connectivity index (χ4v) is 3.55. The van der Waals surface area contributed by atoms with Crippen molar-refractivity contribution < 1.29 is 26.4 Å². The lowest BCUT2D eigenvalue weighted by atomic mass is 10.2. The third-order valence-electron chi connectivity index (χ3n) is 4.49. The van der Waals surface area contributed by atoms with Crippen molar-refractivity contribution in [2.45, 2.75) is 52.0 Å². The molecule has 1 atom stereocenters. The lowest BCUT2D eigenvalue weighted by Crippen LogP contribution is -2.46. The van der Waals surface area contributed by atoms with Crippen molar-refractivity contribution in [3.05, 3.63) is 40.9 Å². The van der Waals surface area contributed by atoms with E-state index in [1.54, 1.807) is 18.0 Å². The van der Waals surface area contributed by atoms with Crippen molar-refractivity contribution in [3.63, 3.8) is 0 Å². The number of alkyl halides is 3. The Kier molecular flexibility index (Phi) is 7.75. The predicted molar refractivity (Wildman–Crippen MR) is 102 cm³/mol. The fraction of sp³-hybridized carbons (Fsp3) is 0.529. The highest BCUT2D eigenvalue weighted by Gasteiger charge is 2.33. The maximum Gasteiger partial charge on any atom is 0.417 e. The van der Waals surface area contributed by atoms with Gasteiger partial charge in [0, 0.05) is 25.1 Å². The predicted octanol–water partition coefficient (Wildman–Crippen LogP) is 3.83.